The molecule has 1 aromatic carbocycles. The van der Waals surface area contributed by atoms with Gasteiger partial charge in [-0.2, -0.15) is 0 Å². The summed E-state index contributed by atoms with van der Waals surface area (Å²) in [6, 6.07) is 2.97. The van der Waals surface area contributed by atoms with Crippen LogP contribution in [0, 0.1) is 11.7 Å². The van der Waals surface area contributed by atoms with Crippen LogP contribution in [-0.2, 0) is 10.0 Å². The summed E-state index contributed by atoms with van der Waals surface area (Å²) in [6.07, 6.45) is 0. The minimum absolute atomic E-state index is 0.000906. The van der Waals surface area contributed by atoms with E-state index in [9.17, 15) is 12.8 Å². The van der Waals surface area contributed by atoms with E-state index >= 15 is 0 Å². The van der Waals surface area contributed by atoms with Crippen LogP contribution in [0.15, 0.2) is 23.1 Å². The Morgan fingerprint density at radius 2 is 2.06 bits per heavy atom. The second-order valence-corrected chi connectivity index (χ2v) is 6.94. The maximum atomic E-state index is 13.1. The Bertz CT molecular complexity index is 522. The molecule has 1 rings (SSSR count). The Morgan fingerprint density at radius 3 is 2.56 bits per heavy atom. The number of hydrogen-bond acceptors (Lipinski definition) is 2. The van der Waals surface area contributed by atoms with Crippen molar-refractivity contribution in [3.63, 3.8) is 0 Å². The summed E-state index contributed by atoms with van der Waals surface area (Å²) in [7, 11) is -3.82. The van der Waals surface area contributed by atoms with Crippen molar-refractivity contribution in [2.24, 2.45) is 5.92 Å². The van der Waals surface area contributed by atoms with Crippen LogP contribution in [0.3, 0.4) is 0 Å². The quantitative estimate of drug-likeness (QED) is 0.822. The van der Waals surface area contributed by atoms with Gasteiger partial charge in [0.25, 0.3) is 0 Å². The molecule has 0 aliphatic carbocycles. The Morgan fingerprint density at radius 1 is 1.44 bits per heavy atom. The molecule has 18 heavy (non-hydrogen) atoms. The molecular formula is C11H14BrClFNO2S. The lowest BCUT2D eigenvalue weighted by molar-refractivity contribution is 0.483. The van der Waals surface area contributed by atoms with Crippen molar-refractivity contribution in [3.05, 3.63) is 29.0 Å². The van der Waals surface area contributed by atoms with Gasteiger partial charge in [-0.1, -0.05) is 41.4 Å². The van der Waals surface area contributed by atoms with E-state index in [2.05, 4.69) is 20.7 Å². The normalized spacial score (nSPS) is 13.9. The molecule has 102 valence electrons. The molecule has 3 nitrogen and oxygen atoms in total. The molecule has 0 amide bonds. The number of rotatable bonds is 5. The van der Waals surface area contributed by atoms with E-state index in [1.54, 1.807) is 0 Å². The van der Waals surface area contributed by atoms with Crippen LogP contribution in [-0.4, -0.2) is 19.8 Å². The predicted octanol–water partition coefficient (Wildman–Crippen LogP) is 3.18. The lowest BCUT2D eigenvalue weighted by atomic mass is 10.1. The molecule has 0 radical (unpaired) electrons. The molecule has 0 spiro atoms. The topological polar surface area (TPSA) is 46.2 Å². The van der Waals surface area contributed by atoms with E-state index in [0.717, 1.165) is 12.1 Å². The molecule has 0 aliphatic heterocycles. The molecule has 0 saturated carbocycles. The Hall–Kier alpha value is -0.170. The van der Waals surface area contributed by atoms with Crippen LogP contribution in [0.25, 0.3) is 0 Å². The second-order valence-electron chi connectivity index (χ2n) is 4.20. The highest BCUT2D eigenvalue weighted by atomic mass is 79.9. The molecule has 7 heteroatoms. The van der Waals surface area contributed by atoms with Crippen molar-refractivity contribution in [2.45, 2.75) is 24.8 Å². The summed E-state index contributed by atoms with van der Waals surface area (Å²) >= 11 is 9.03. The van der Waals surface area contributed by atoms with Crippen molar-refractivity contribution in [1.82, 2.24) is 4.72 Å². The van der Waals surface area contributed by atoms with Crippen molar-refractivity contribution < 1.29 is 12.8 Å². The summed E-state index contributed by atoms with van der Waals surface area (Å²) in [4.78, 5) is -0.240. The highest BCUT2D eigenvalue weighted by molar-refractivity contribution is 9.09. The highest BCUT2D eigenvalue weighted by Gasteiger charge is 2.24. The van der Waals surface area contributed by atoms with Crippen LogP contribution < -0.4 is 4.72 Å². The first kappa shape index (κ1) is 15.9. The van der Waals surface area contributed by atoms with Crippen molar-refractivity contribution in [3.8, 4) is 0 Å². The summed E-state index contributed by atoms with van der Waals surface area (Å²) in [5, 5.41) is 0.470. The fourth-order valence-corrected chi connectivity index (χ4v) is 4.31. The molecule has 1 unspecified atom stereocenters. The van der Waals surface area contributed by atoms with Crippen molar-refractivity contribution in [2.75, 3.05) is 5.33 Å². The van der Waals surface area contributed by atoms with E-state index in [0.29, 0.717) is 5.33 Å². The fraction of sp³-hybridized carbons (Fsp3) is 0.455. The van der Waals surface area contributed by atoms with Crippen LogP contribution in [0.2, 0.25) is 5.02 Å². The molecule has 0 saturated heterocycles. The highest BCUT2D eigenvalue weighted by Crippen LogP contribution is 2.23. The van der Waals surface area contributed by atoms with E-state index in [1.165, 1.54) is 6.07 Å². The van der Waals surface area contributed by atoms with Crippen molar-refractivity contribution in [1.29, 1.82) is 0 Å². The molecular weight excluding hydrogens is 345 g/mol. The van der Waals surface area contributed by atoms with Gasteiger partial charge in [0.1, 0.15) is 10.7 Å². The number of nitrogens with one attached hydrogen (secondary N) is 1. The summed E-state index contributed by atoms with van der Waals surface area (Å²) < 4.78 is 39.8. The zero-order chi connectivity index (χ0) is 13.9. The number of halogens is 3. The Kier molecular flexibility index (Phi) is 5.58. The maximum absolute atomic E-state index is 13.1. The SMILES string of the molecule is CC(C)C(CBr)NS(=O)(=O)c1cc(F)ccc1Cl. The predicted molar refractivity (Wildman–Crippen MR) is 74.2 cm³/mol. The van der Waals surface area contributed by atoms with Gasteiger partial charge in [-0.3, -0.25) is 0 Å². The second kappa shape index (κ2) is 6.32. The molecule has 0 fully saturated rings. The fourth-order valence-electron chi connectivity index (χ4n) is 1.29. The average molecular weight is 359 g/mol. The van der Waals surface area contributed by atoms with Gasteiger partial charge in [-0.25, -0.2) is 17.5 Å². The van der Waals surface area contributed by atoms with Crippen LogP contribution >= 0.6 is 27.5 Å². The first-order chi connectivity index (χ1) is 8.27. The van der Waals surface area contributed by atoms with Gasteiger partial charge < -0.3 is 0 Å². The standard InChI is InChI=1S/C11H14BrClFNO2S/c1-7(2)10(6-12)15-18(16,17)11-5-8(14)3-4-9(11)13/h3-5,7,10,15H,6H2,1-2H3. The van der Waals surface area contributed by atoms with Gasteiger partial charge >= 0.3 is 0 Å². The molecule has 1 aromatic rings. The zero-order valence-corrected chi connectivity index (χ0v) is 13.1. The third-order valence-electron chi connectivity index (χ3n) is 2.46. The lowest BCUT2D eigenvalue weighted by Gasteiger charge is -2.20. The number of benzene rings is 1. The molecule has 1 N–H and O–H groups in total. The smallest absolute Gasteiger partial charge is 0.207 e. The largest absolute Gasteiger partial charge is 0.242 e. The number of sulfonamides is 1. The van der Waals surface area contributed by atoms with Gasteiger partial charge in [0.15, 0.2) is 0 Å². The summed E-state index contributed by atoms with van der Waals surface area (Å²) in [6.45, 7) is 3.78. The van der Waals surface area contributed by atoms with Crippen LogP contribution in [0.1, 0.15) is 13.8 Å². The summed E-state index contributed by atoms with van der Waals surface area (Å²) in [5.74, 6) is -0.536. The van der Waals surface area contributed by atoms with E-state index in [-0.39, 0.29) is 21.9 Å². The van der Waals surface area contributed by atoms with Crippen LogP contribution in [0.4, 0.5) is 4.39 Å². The molecule has 0 heterocycles. The third-order valence-corrected chi connectivity index (χ3v) is 5.13. The lowest BCUT2D eigenvalue weighted by Crippen LogP contribution is -2.39. The first-order valence-corrected chi connectivity index (χ1v) is 8.29. The minimum atomic E-state index is -3.82. The first-order valence-electron chi connectivity index (χ1n) is 5.31. The summed E-state index contributed by atoms with van der Waals surface area (Å²) in [5.41, 5.74) is 0. The Balaban J connectivity index is 3.10. The van der Waals surface area contributed by atoms with Gasteiger partial charge in [0.05, 0.1) is 5.02 Å². The van der Waals surface area contributed by atoms with Gasteiger partial charge in [0, 0.05) is 11.4 Å². The Labute approximate surface area is 120 Å². The van der Waals surface area contributed by atoms with Gasteiger partial charge in [0.2, 0.25) is 10.0 Å². The average Bonchev–Trinajstić information content (AvgIpc) is 2.28. The maximum Gasteiger partial charge on any atom is 0.242 e. The van der Waals surface area contributed by atoms with Gasteiger partial charge in [-0.05, 0) is 24.1 Å². The molecule has 0 bridgehead atoms. The van der Waals surface area contributed by atoms with E-state index in [1.807, 2.05) is 13.8 Å². The van der Waals surface area contributed by atoms with E-state index in [4.69, 9.17) is 11.6 Å². The number of alkyl halides is 1. The monoisotopic (exact) mass is 357 g/mol. The molecule has 1 atom stereocenters. The molecule has 0 aromatic heterocycles. The molecule has 0 aliphatic rings. The minimum Gasteiger partial charge on any atom is -0.207 e. The number of hydrogen-bond donors (Lipinski definition) is 1. The van der Waals surface area contributed by atoms with Crippen LogP contribution in [0.5, 0.6) is 0 Å². The third kappa shape index (κ3) is 3.91. The van der Waals surface area contributed by atoms with E-state index < -0.39 is 15.8 Å². The van der Waals surface area contributed by atoms with Crippen molar-refractivity contribution >= 4 is 37.6 Å². The zero-order valence-electron chi connectivity index (χ0n) is 9.95. The van der Waals surface area contributed by atoms with Gasteiger partial charge in [-0.15, -0.1) is 0 Å².